The van der Waals surface area contributed by atoms with Gasteiger partial charge in [0.15, 0.2) is 0 Å². The van der Waals surface area contributed by atoms with Crippen LogP contribution in [-0.4, -0.2) is 32.3 Å². The van der Waals surface area contributed by atoms with Crippen LogP contribution in [0.1, 0.15) is 31.4 Å². The molecule has 2 N–H and O–H groups in total. The predicted molar refractivity (Wildman–Crippen MR) is 71.5 cm³/mol. The first-order valence-corrected chi connectivity index (χ1v) is 6.99. The highest BCUT2D eigenvalue weighted by molar-refractivity contribution is 4.95. The largest absolute Gasteiger partial charge is 0.467 e. The maximum absolute atomic E-state index is 5.52. The molecule has 1 unspecified atom stereocenters. The van der Waals surface area contributed by atoms with E-state index in [1.165, 1.54) is 25.8 Å². The highest BCUT2D eigenvalue weighted by atomic mass is 16.5. The van der Waals surface area contributed by atoms with Crippen LogP contribution in [0.4, 0.5) is 0 Å². The van der Waals surface area contributed by atoms with Gasteiger partial charge in [-0.05, 0) is 44.5 Å². The molecule has 1 aromatic heterocycles. The van der Waals surface area contributed by atoms with Crippen LogP contribution < -0.4 is 10.6 Å². The zero-order valence-electron chi connectivity index (χ0n) is 11.0. The van der Waals surface area contributed by atoms with Crippen molar-refractivity contribution in [2.75, 3.05) is 26.2 Å². The van der Waals surface area contributed by atoms with Crippen molar-refractivity contribution >= 4 is 0 Å². The van der Waals surface area contributed by atoms with Crippen molar-refractivity contribution in [2.24, 2.45) is 0 Å². The van der Waals surface area contributed by atoms with Crippen molar-refractivity contribution in [3.05, 3.63) is 24.2 Å². The lowest BCUT2D eigenvalue weighted by molar-refractivity contribution is 0.104. The van der Waals surface area contributed by atoms with Crippen molar-refractivity contribution in [3.63, 3.8) is 0 Å². The first kappa shape index (κ1) is 13.6. The lowest BCUT2D eigenvalue weighted by Crippen LogP contribution is -2.42. The van der Waals surface area contributed by atoms with E-state index in [0.29, 0.717) is 12.6 Å². The van der Waals surface area contributed by atoms with E-state index >= 15 is 0 Å². The van der Waals surface area contributed by atoms with E-state index in [2.05, 4.69) is 10.6 Å². The number of furan rings is 1. The van der Waals surface area contributed by atoms with Gasteiger partial charge in [0, 0.05) is 19.2 Å². The first-order valence-electron chi connectivity index (χ1n) is 6.99. The summed E-state index contributed by atoms with van der Waals surface area (Å²) in [6.07, 6.45) is 6.73. The summed E-state index contributed by atoms with van der Waals surface area (Å²) in [6.45, 7) is 4.65. The van der Waals surface area contributed by atoms with E-state index in [9.17, 15) is 0 Å². The zero-order chi connectivity index (χ0) is 12.5. The van der Waals surface area contributed by atoms with Gasteiger partial charge in [-0.25, -0.2) is 0 Å². The summed E-state index contributed by atoms with van der Waals surface area (Å²) in [5, 5.41) is 7.02. The molecule has 1 aromatic rings. The second-order valence-electron chi connectivity index (χ2n) is 4.84. The van der Waals surface area contributed by atoms with Crippen LogP contribution in [0, 0.1) is 0 Å². The highest BCUT2D eigenvalue weighted by Crippen LogP contribution is 2.05. The third kappa shape index (κ3) is 5.21. The van der Waals surface area contributed by atoms with Crippen molar-refractivity contribution in [2.45, 2.75) is 38.3 Å². The van der Waals surface area contributed by atoms with Crippen LogP contribution in [0.15, 0.2) is 22.8 Å². The molecule has 1 aliphatic rings. The molecule has 0 amide bonds. The SMILES string of the molecule is c1coc(COCCCNCC2CCCCN2)c1. The van der Waals surface area contributed by atoms with Crippen LogP contribution in [0.2, 0.25) is 0 Å². The molecular formula is C14H24N2O2. The van der Waals surface area contributed by atoms with E-state index in [1.807, 2.05) is 12.1 Å². The smallest absolute Gasteiger partial charge is 0.129 e. The van der Waals surface area contributed by atoms with Crippen molar-refractivity contribution in [1.29, 1.82) is 0 Å². The third-order valence-electron chi connectivity index (χ3n) is 3.27. The fourth-order valence-electron chi connectivity index (χ4n) is 2.24. The fourth-order valence-corrected chi connectivity index (χ4v) is 2.24. The van der Waals surface area contributed by atoms with Crippen LogP contribution in [-0.2, 0) is 11.3 Å². The van der Waals surface area contributed by atoms with E-state index in [-0.39, 0.29) is 0 Å². The standard InChI is InChI=1S/C14H24N2O2/c1-2-8-16-13(5-1)11-15-7-4-9-17-12-14-6-3-10-18-14/h3,6,10,13,15-16H,1-2,4-5,7-9,11-12H2. The lowest BCUT2D eigenvalue weighted by atomic mass is 10.1. The molecule has 0 aliphatic carbocycles. The first-order chi connectivity index (χ1) is 8.95. The minimum Gasteiger partial charge on any atom is -0.467 e. The molecule has 18 heavy (non-hydrogen) atoms. The van der Waals surface area contributed by atoms with Crippen LogP contribution in [0.25, 0.3) is 0 Å². The summed E-state index contributed by atoms with van der Waals surface area (Å²) in [4.78, 5) is 0. The van der Waals surface area contributed by atoms with Gasteiger partial charge in [0.05, 0.1) is 6.26 Å². The molecule has 0 aromatic carbocycles. The Labute approximate surface area is 109 Å². The average molecular weight is 252 g/mol. The monoisotopic (exact) mass is 252 g/mol. The van der Waals surface area contributed by atoms with Gasteiger partial charge in [-0.15, -0.1) is 0 Å². The van der Waals surface area contributed by atoms with Crippen LogP contribution in [0.5, 0.6) is 0 Å². The lowest BCUT2D eigenvalue weighted by Gasteiger charge is -2.23. The molecule has 1 atom stereocenters. The molecule has 4 nitrogen and oxygen atoms in total. The minimum absolute atomic E-state index is 0.581. The Morgan fingerprint density at radius 2 is 2.44 bits per heavy atom. The Balaban J connectivity index is 1.39. The minimum atomic E-state index is 0.581. The Morgan fingerprint density at radius 1 is 1.44 bits per heavy atom. The maximum Gasteiger partial charge on any atom is 0.129 e. The number of hydrogen-bond acceptors (Lipinski definition) is 4. The van der Waals surface area contributed by atoms with E-state index < -0.39 is 0 Å². The molecule has 4 heteroatoms. The Hall–Kier alpha value is -0.840. The summed E-state index contributed by atoms with van der Waals surface area (Å²) in [5.41, 5.74) is 0. The van der Waals surface area contributed by atoms with Gasteiger partial charge in [-0.1, -0.05) is 6.42 Å². The molecule has 1 aliphatic heterocycles. The van der Waals surface area contributed by atoms with Gasteiger partial charge in [0.25, 0.3) is 0 Å². The highest BCUT2D eigenvalue weighted by Gasteiger charge is 2.10. The summed E-state index contributed by atoms with van der Waals surface area (Å²) in [5.74, 6) is 0.898. The molecule has 102 valence electrons. The summed E-state index contributed by atoms with van der Waals surface area (Å²) in [7, 11) is 0. The molecular weight excluding hydrogens is 228 g/mol. The summed E-state index contributed by atoms with van der Waals surface area (Å²) < 4.78 is 10.7. The predicted octanol–water partition coefficient (Wildman–Crippen LogP) is 1.92. The van der Waals surface area contributed by atoms with E-state index in [0.717, 1.165) is 31.9 Å². The summed E-state index contributed by atoms with van der Waals surface area (Å²) >= 11 is 0. The van der Waals surface area contributed by atoms with Crippen molar-refractivity contribution in [3.8, 4) is 0 Å². The Bertz CT molecular complexity index is 295. The molecule has 2 rings (SSSR count). The number of ether oxygens (including phenoxy) is 1. The quantitative estimate of drug-likeness (QED) is 0.694. The molecule has 0 bridgehead atoms. The van der Waals surface area contributed by atoms with Gasteiger partial charge in [-0.2, -0.15) is 0 Å². The fraction of sp³-hybridized carbons (Fsp3) is 0.714. The number of rotatable bonds is 8. The molecule has 2 heterocycles. The molecule has 0 saturated carbocycles. The van der Waals surface area contributed by atoms with Crippen LogP contribution in [0.3, 0.4) is 0 Å². The van der Waals surface area contributed by atoms with E-state index in [4.69, 9.17) is 9.15 Å². The van der Waals surface area contributed by atoms with Gasteiger partial charge < -0.3 is 19.8 Å². The van der Waals surface area contributed by atoms with Crippen LogP contribution >= 0.6 is 0 Å². The summed E-state index contributed by atoms with van der Waals surface area (Å²) in [6, 6.07) is 4.49. The Morgan fingerprint density at radius 3 is 3.22 bits per heavy atom. The van der Waals surface area contributed by atoms with E-state index in [1.54, 1.807) is 6.26 Å². The third-order valence-corrected chi connectivity index (χ3v) is 3.27. The normalized spacial score (nSPS) is 20.1. The average Bonchev–Trinajstić information content (AvgIpc) is 2.92. The zero-order valence-corrected chi connectivity index (χ0v) is 11.0. The number of hydrogen-bond donors (Lipinski definition) is 2. The Kier molecular flexibility index (Phi) is 6.26. The van der Waals surface area contributed by atoms with Gasteiger partial charge >= 0.3 is 0 Å². The van der Waals surface area contributed by atoms with Gasteiger partial charge in [0.2, 0.25) is 0 Å². The topological polar surface area (TPSA) is 46.4 Å². The van der Waals surface area contributed by atoms with Gasteiger partial charge in [0.1, 0.15) is 12.4 Å². The molecule has 1 saturated heterocycles. The maximum atomic E-state index is 5.52. The number of piperidine rings is 1. The number of nitrogens with one attached hydrogen (secondary N) is 2. The molecule has 1 fully saturated rings. The second kappa shape index (κ2) is 8.29. The van der Waals surface area contributed by atoms with Gasteiger partial charge in [-0.3, -0.25) is 0 Å². The second-order valence-corrected chi connectivity index (χ2v) is 4.84. The van der Waals surface area contributed by atoms with Crippen molar-refractivity contribution in [1.82, 2.24) is 10.6 Å². The molecule has 0 spiro atoms. The molecule has 0 radical (unpaired) electrons. The van der Waals surface area contributed by atoms with Crippen molar-refractivity contribution < 1.29 is 9.15 Å².